The second-order valence-corrected chi connectivity index (χ2v) is 6.74. The molecule has 8 heteroatoms. The van der Waals surface area contributed by atoms with Gasteiger partial charge >= 0.3 is 0 Å². The molecule has 0 spiro atoms. The summed E-state index contributed by atoms with van der Waals surface area (Å²) >= 11 is 5.96. The normalized spacial score (nSPS) is 13.1. The first-order valence-corrected chi connectivity index (χ1v) is 9.56. The van der Waals surface area contributed by atoms with Crippen LogP contribution in [0.5, 0.6) is 11.5 Å². The van der Waals surface area contributed by atoms with Crippen LogP contribution in [0.4, 0.5) is 0 Å². The third-order valence-corrected chi connectivity index (χ3v) is 4.50. The molecule has 0 radical (unpaired) electrons. The zero-order valence-electron chi connectivity index (χ0n) is 17.1. The molecule has 3 N–H and O–H groups in total. The third kappa shape index (κ3) is 7.91. The van der Waals surface area contributed by atoms with E-state index in [1.165, 1.54) is 0 Å². The van der Waals surface area contributed by atoms with Crippen molar-refractivity contribution in [3.8, 4) is 11.5 Å². The molecule has 2 rings (SSSR count). The van der Waals surface area contributed by atoms with Crippen LogP contribution in [-0.4, -0.2) is 38.4 Å². The van der Waals surface area contributed by atoms with Crippen molar-refractivity contribution >= 4 is 41.5 Å². The summed E-state index contributed by atoms with van der Waals surface area (Å²) in [6.07, 6.45) is -0.787. The maximum Gasteiger partial charge on any atom is 0.191 e. The van der Waals surface area contributed by atoms with Crippen molar-refractivity contribution in [1.29, 1.82) is 0 Å². The summed E-state index contributed by atoms with van der Waals surface area (Å²) in [5.74, 6) is 1.87. The van der Waals surface area contributed by atoms with Gasteiger partial charge in [-0.15, -0.1) is 24.0 Å². The van der Waals surface area contributed by atoms with E-state index in [4.69, 9.17) is 21.1 Å². The number of guanidine groups is 1. The number of methoxy groups -OCH3 is 2. The fraction of sp³-hybridized carbons (Fsp3) is 0.381. The molecule has 2 aromatic rings. The lowest BCUT2D eigenvalue weighted by atomic mass is 10.1. The SMILES string of the molecule is CCNC(=NCC(O)c1cc(OC)cc(OC)c1)NC(C)c1ccc(Cl)cc1.I. The Hall–Kier alpha value is -1.71. The van der Waals surface area contributed by atoms with Crippen molar-refractivity contribution in [2.45, 2.75) is 26.0 Å². The lowest BCUT2D eigenvalue weighted by Crippen LogP contribution is -2.39. The number of aliphatic hydroxyl groups is 1. The van der Waals surface area contributed by atoms with E-state index in [-0.39, 0.29) is 36.6 Å². The fourth-order valence-electron chi connectivity index (χ4n) is 2.66. The Labute approximate surface area is 194 Å². The molecule has 29 heavy (non-hydrogen) atoms. The minimum Gasteiger partial charge on any atom is -0.497 e. The lowest BCUT2D eigenvalue weighted by Gasteiger charge is -2.19. The zero-order valence-corrected chi connectivity index (χ0v) is 20.2. The second kappa shape index (κ2) is 12.8. The van der Waals surface area contributed by atoms with Gasteiger partial charge in [-0.1, -0.05) is 23.7 Å². The van der Waals surface area contributed by atoms with Crippen LogP contribution in [0.25, 0.3) is 0 Å². The highest BCUT2D eigenvalue weighted by Gasteiger charge is 2.13. The molecule has 0 aliphatic heterocycles. The zero-order chi connectivity index (χ0) is 20.5. The molecule has 160 valence electrons. The molecule has 0 aliphatic carbocycles. The average Bonchev–Trinajstić information content (AvgIpc) is 2.71. The maximum atomic E-state index is 10.6. The minimum absolute atomic E-state index is 0. The number of hydrogen-bond donors (Lipinski definition) is 3. The molecule has 2 unspecified atom stereocenters. The largest absolute Gasteiger partial charge is 0.497 e. The van der Waals surface area contributed by atoms with E-state index in [0.717, 1.165) is 5.56 Å². The molecule has 0 fully saturated rings. The van der Waals surface area contributed by atoms with Gasteiger partial charge in [-0.25, -0.2) is 0 Å². The summed E-state index contributed by atoms with van der Waals surface area (Å²) in [5.41, 5.74) is 1.77. The molecule has 0 aliphatic rings. The van der Waals surface area contributed by atoms with Crippen molar-refractivity contribution in [1.82, 2.24) is 10.6 Å². The van der Waals surface area contributed by atoms with Gasteiger partial charge in [-0.05, 0) is 49.2 Å². The maximum absolute atomic E-state index is 10.6. The molecule has 0 saturated carbocycles. The van der Waals surface area contributed by atoms with Gasteiger partial charge in [0.2, 0.25) is 0 Å². The van der Waals surface area contributed by atoms with Crippen LogP contribution in [0.15, 0.2) is 47.5 Å². The van der Waals surface area contributed by atoms with E-state index in [1.807, 2.05) is 38.1 Å². The number of nitrogens with zero attached hydrogens (tertiary/aromatic N) is 1. The van der Waals surface area contributed by atoms with Crippen molar-refractivity contribution in [3.63, 3.8) is 0 Å². The van der Waals surface area contributed by atoms with Gasteiger partial charge < -0.3 is 25.2 Å². The van der Waals surface area contributed by atoms with E-state index < -0.39 is 6.10 Å². The van der Waals surface area contributed by atoms with Crippen molar-refractivity contribution in [3.05, 3.63) is 58.6 Å². The van der Waals surface area contributed by atoms with Crippen LogP contribution >= 0.6 is 35.6 Å². The summed E-state index contributed by atoms with van der Waals surface area (Å²) in [7, 11) is 3.16. The Morgan fingerprint density at radius 1 is 1.07 bits per heavy atom. The van der Waals surface area contributed by atoms with Gasteiger partial charge in [0.05, 0.1) is 32.9 Å². The monoisotopic (exact) mass is 533 g/mol. The predicted molar refractivity (Wildman–Crippen MR) is 129 cm³/mol. The fourth-order valence-corrected chi connectivity index (χ4v) is 2.79. The lowest BCUT2D eigenvalue weighted by molar-refractivity contribution is 0.186. The van der Waals surface area contributed by atoms with Crippen LogP contribution in [0.2, 0.25) is 5.02 Å². The first-order valence-electron chi connectivity index (χ1n) is 9.18. The number of ether oxygens (including phenoxy) is 2. The highest BCUT2D eigenvalue weighted by molar-refractivity contribution is 14.0. The van der Waals surface area contributed by atoms with Crippen molar-refractivity contribution in [2.75, 3.05) is 27.3 Å². The molecule has 6 nitrogen and oxygen atoms in total. The molecule has 0 aromatic heterocycles. The molecule has 0 saturated heterocycles. The molecule has 0 amide bonds. The Morgan fingerprint density at radius 2 is 1.66 bits per heavy atom. The van der Waals surface area contributed by atoms with Crippen LogP contribution in [-0.2, 0) is 0 Å². The number of nitrogens with one attached hydrogen (secondary N) is 2. The number of benzene rings is 2. The Morgan fingerprint density at radius 3 is 2.17 bits per heavy atom. The van der Waals surface area contributed by atoms with Gasteiger partial charge in [-0.2, -0.15) is 0 Å². The molecule has 2 aromatic carbocycles. The van der Waals surface area contributed by atoms with Gasteiger partial charge in [0.25, 0.3) is 0 Å². The van der Waals surface area contributed by atoms with Gasteiger partial charge in [0, 0.05) is 17.6 Å². The first-order chi connectivity index (χ1) is 13.5. The smallest absolute Gasteiger partial charge is 0.191 e. The third-order valence-electron chi connectivity index (χ3n) is 4.25. The van der Waals surface area contributed by atoms with Crippen LogP contribution < -0.4 is 20.1 Å². The van der Waals surface area contributed by atoms with Crippen molar-refractivity contribution in [2.24, 2.45) is 4.99 Å². The van der Waals surface area contributed by atoms with Gasteiger partial charge in [-0.3, -0.25) is 4.99 Å². The standard InChI is InChI=1S/C21H28ClN3O3.HI/c1-5-23-21(25-14(2)15-6-8-17(22)9-7-15)24-13-20(26)16-10-18(27-3)12-19(11-16)28-4;/h6-12,14,20,26H,5,13H2,1-4H3,(H2,23,24,25);1H. The molecule has 2 atom stereocenters. The summed E-state index contributed by atoms with van der Waals surface area (Å²) in [6.45, 7) is 4.94. The highest BCUT2D eigenvalue weighted by atomic mass is 127. The molecular formula is C21H29ClIN3O3. The highest BCUT2D eigenvalue weighted by Crippen LogP contribution is 2.26. The minimum atomic E-state index is -0.787. The van der Waals surface area contributed by atoms with E-state index in [9.17, 15) is 5.11 Å². The van der Waals surface area contributed by atoms with Gasteiger partial charge in [0.15, 0.2) is 5.96 Å². The summed E-state index contributed by atoms with van der Waals surface area (Å²) in [5, 5.41) is 17.8. The number of halogens is 2. The topological polar surface area (TPSA) is 75.1 Å². The Balaban J connectivity index is 0.00000420. The average molecular weight is 534 g/mol. The molecular weight excluding hydrogens is 505 g/mol. The Bertz CT molecular complexity index is 765. The molecule has 0 bridgehead atoms. The number of hydrogen-bond acceptors (Lipinski definition) is 4. The molecule has 0 heterocycles. The summed E-state index contributed by atoms with van der Waals surface area (Å²) < 4.78 is 10.5. The second-order valence-electron chi connectivity index (χ2n) is 6.30. The quantitative estimate of drug-likeness (QED) is 0.268. The summed E-state index contributed by atoms with van der Waals surface area (Å²) in [4.78, 5) is 4.52. The predicted octanol–water partition coefficient (Wildman–Crippen LogP) is 4.32. The van der Waals surface area contributed by atoms with Crippen molar-refractivity contribution < 1.29 is 14.6 Å². The number of aliphatic imine (C=N–C) groups is 1. The first kappa shape index (κ1) is 25.3. The van der Waals surface area contributed by atoms with E-state index in [1.54, 1.807) is 32.4 Å². The number of rotatable bonds is 8. The number of aliphatic hydroxyl groups excluding tert-OH is 1. The summed E-state index contributed by atoms with van der Waals surface area (Å²) in [6, 6.07) is 13.0. The van der Waals surface area contributed by atoms with Gasteiger partial charge in [0.1, 0.15) is 11.5 Å². The Kier molecular flexibility index (Phi) is 11.2. The van der Waals surface area contributed by atoms with E-state index in [0.29, 0.717) is 34.6 Å². The van der Waals surface area contributed by atoms with E-state index in [2.05, 4.69) is 15.6 Å². The van der Waals surface area contributed by atoms with Crippen LogP contribution in [0.1, 0.15) is 37.1 Å². The van der Waals surface area contributed by atoms with Crippen LogP contribution in [0.3, 0.4) is 0 Å². The van der Waals surface area contributed by atoms with Crippen LogP contribution in [0, 0.1) is 0 Å². The van der Waals surface area contributed by atoms with E-state index >= 15 is 0 Å².